The number of carbonyl (C=O) groups is 4. The molecule has 15 heteroatoms. The average molecular weight is 811 g/mol. The number of likely N-dealkylation sites (tertiary alicyclic amines) is 2. The van der Waals surface area contributed by atoms with Crippen LogP contribution < -0.4 is 10.6 Å². The highest BCUT2D eigenvalue weighted by Gasteiger charge is 2.17. The van der Waals surface area contributed by atoms with Crippen LogP contribution >= 0.6 is 22.7 Å². The molecule has 0 aliphatic carbocycles. The number of nitrogens with zero attached hydrogens (tertiary/aromatic N) is 4. The van der Waals surface area contributed by atoms with Crippen LogP contribution in [0.1, 0.15) is 110 Å². The summed E-state index contributed by atoms with van der Waals surface area (Å²) in [4.78, 5) is 59.4. The SMILES string of the molecule is C(#Cc1csc2c(C#Cc3cnc[nH]3)csc12)c1cnc[nH]1.CC.CC(=O)NCC(=O)N1CCCC1.CCC.CCC.CNCC(=O)N1CCCC1.COC=O. The first-order valence-corrected chi connectivity index (χ1v) is 20.9. The Bertz CT molecular complexity index is 1650. The van der Waals surface area contributed by atoms with Gasteiger partial charge in [-0.15, -0.1) is 22.7 Å². The fourth-order valence-corrected chi connectivity index (χ4v) is 6.59. The van der Waals surface area contributed by atoms with Gasteiger partial charge in [0.25, 0.3) is 6.47 Å². The van der Waals surface area contributed by atoms with Gasteiger partial charge in [-0.25, -0.2) is 9.97 Å². The first-order valence-electron chi connectivity index (χ1n) is 19.1. The minimum absolute atomic E-state index is 0.0303. The van der Waals surface area contributed by atoms with E-state index in [2.05, 4.69) is 97.4 Å². The number of H-pyrrole nitrogens is 2. The van der Waals surface area contributed by atoms with Crippen molar-refractivity contribution in [2.75, 3.05) is 53.4 Å². The Morgan fingerprint density at radius 1 is 0.768 bits per heavy atom. The summed E-state index contributed by atoms with van der Waals surface area (Å²) in [6.07, 6.45) is 13.7. The average Bonchev–Trinajstić information content (AvgIpc) is 4.06. The number of likely N-dealkylation sites (N-methyl/N-ethyl adjacent to an activating group) is 1. The number of aromatic amines is 2. The number of fused-ring (bicyclic) bond motifs is 1. The zero-order valence-corrected chi connectivity index (χ0v) is 36.3. The Labute approximate surface area is 341 Å². The van der Waals surface area contributed by atoms with Gasteiger partial charge in [0, 0.05) is 43.9 Å². The maximum Gasteiger partial charge on any atom is 0.292 e. The predicted octanol–water partition coefficient (Wildman–Crippen LogP) is 6.43. The van der Waals surface area contributed by atoms with E-state index in [1.165, 1.54) is 49.1 Å². The zero-order valence-electron chi connectivity index (χ0n) is 34.7. The van der Waals surface area contributed by atoms with Gasteiger partial charge in [0.15, 0.2) is 0 Å². The molecule has 0 aromatic carbocycles. The smallest absolute Gasteiger partial charge is 0.292 e. The van der Waals surface area contributed by atoms with E-state index in [1.807, 2.05) is 18.7 Å². The molecule has 13 nitrogen and oxygen atoms in total. The van der Waals surface area contributed by atoms with Crippen molar-refractivity contribution in [2.24, 2.45) is 0 Å². The van der Waals surface area contributed by atoms with Crippen LogP contribution in [0, 0.1) is 23.7 Å². The summed E-state index contributed by atoms with van der Waals surface area (Å²) in [5, 5.41) is 9.50. The Kier molecular flexibility index (Phi) is 30.4. The van der Waals surface area contributed by atoms with Crippen LogP contribution in [-0.4, -0.2) is 107 Å². The Morgan fingerprint density at radius 2 is 1.14 bits per heavy atom. The van der Waals surface area contributed by atoms with Crippen LogP contribution in [0.4, 0.5) is 0 Å². The zero-order chi connectivity index (χ0) is 42.0. The highest BCUT2D eigenvalue weighted by Crippen LogP contribution is 2.34. The number of methoxy groups -OCH3 is 1. The highest BCUT2D eigenvalue weighted by molar-refractivity contribution is 7.26. The summed E-state index contributed by atoms with van der Waals surface area (Å²) in [7, 11) is 3.11. The van der Waals surface area contributed by atoms with E-state index in [9.17, 15) is 14.4 Å². The third kappa shape index (κ3) is 21.8. The molecule has 4 aromatic rings. The summed E-state index contributed by atoms with van der Waals surface area (Å²) in [5.74, 6) is 12.7. The molecule has 0 unspecified atom stereocenters. The molecular weight excluding hydrogens is 749 g/mol. The van der Waals surface area contributed by atoms with E-state index >= 15 is 0 Å². The molecule has 6 heterocycles. The van der Waals surface area contributed by atoms with Crippen molar-refractivity contribution < 1.29 is 23.9 Å². The fraction of sp³-hybridized carbons (Fsp3) is 0.512. The number of aromatic nitrogens is 4. The minimum Gasteiger partial charge on any atom is -0.471 e. The highest BCUT2D eigenvalue weighted by atomic mass is 32.1. The first-order chi connectivity index (χ1) is 27.2. The molecule has 0 atom stereocenters. The molecule has 3 amide bonds. The number of ether oxygens (including phenoxy) is 1. The maximum atomic E-state index is 11.3. The molecule has 0 spiro atoms. The molecule has 0 saturated carbocycles. The molecule has 4 N–H and O–H groups in total. The van der Waals surface area contributed by atoms with Gasteiger partial charge in [0.05, 0.1) is 65.8 Å². The van der Waals surface area contributed by atoms with Crippen LogP contribution in [0.15, 0.2) is 35.8 Å². The lowest BCUT2D eigenvalue weighted by Gasteiger charge is -2.14. The van der Waals surface area contributed by atoms with Gasteiger partial charge in [0.1, 0.15) is 11.4 Å². The van der Waals surface area contributed by atoms with Gasteiger partial charge >= 0.3 is 0 Å². The third-order valence-corrected chi connectivity index (χ3v) is 8.93. The number of rotatable bonds is 5. The lowest BCUT2D eigenvalue weighted by Crippen LogP contribution is -2.37. The van der Waals surface area contributed by atoms with E-state index < -0.39 is 0 Å². The van der Waals surface area contributed by atoms with E-state index in [1.54, 1.807) is 59.7 Å². The normalized spacial score (nSPS) is 11.7. The molecule has 0 radical (unpaired) electrons. The number of carbonyl (C=O) groups excluding carboxylic acids is 4. The van der Waals surface area contributed by atoms with Crippen molar-refractivity contribution >= 4 is 56.3 Å². The van der Waals surface area contributed by atoms with Gasteiger partial charge in [-0.2, -0.15) is 0 Å². The predicted molar refractivity (Wildman–Crippen MR) is 229 cm³/mol. The van der Waals surface area contributed by atoms with Crippen molar-refractivity contribution in [1.29, 1.82) is 0 Å². The molecule has 2 fully saturated rings. The third-order valence-electron chi connectivity index (χ3n) is 6.78. The Balaban J connectivity index is 0.000000757. The van der Waals surface area contributed by atoms with E-state index in [0.29, 0.717) is 13.0 Å². The monoisotopic (exact) mass is 810 g/mol. The van der Waals surface area contributed by atoms with Crippen LogP contribution in [0.5, 0.6) is 0 Å². The van der Waals surface area contributed by atoms with Crippen LogP contribution in [0.3, 0.4) is 0 Å². The van der Waals surface area contributed by atoms with Crippen molar-refractivity contribution in [3.05, 3.63) is 58.3 Å². The Hall–Kier alpha value is -4.96. The molecular formula is C41H62N8O5S2. The summed E-state index contributed by atoms with van der Waals surface area (Å²) in [5.41, 5.74) is 3.70. The second-order valence-electron chi connectivity index (χ2n) is 11.7. The van der Waals surface area contributed by atoms with Gasteiger partial charge < -0.3 is 35.1 Å². The van der Waals surface area contributed by atoms with Crippen LogP contribution in [0.25, 0.3) is 9.40 Å². The number of amides is 3. The van der Waals surface area contributed by atoms with Crippen molar-refractivity contribution in [3.8, 4) is 23.7 Å². The molecule has 56 heavy (non-hydrogen) atoms. The van der Waals surface area contributed by atoms with Gasteiger partial charge in [-0.05, 0) is 44.6 Å². The summed E-state index contributed by atoms with van der Waals surface area (Å²) in [6, 6.07) is 0. The largest absolute Gasteiger partial charge is 0.471 e. The maximum absolute atomic E-state index is 11.3. The van der Waals surface area contributed by atoms with E-state index in [-0.39, 0.29) is 24.3 Å². The van der Waals surface area contributed by atoms with Crippen molar-refractivity contribution in [1.82, 2.24) is 40.4 Å². The fourth-order valence-electron chi connectivity index (χ4n) is 4.42. The summed E-state index contributed by atoms with van der Waals surface area (Å²) in [6.45, 7) is 18.5. The van der Waals surface area contributed by atoms with Gasteiger partial charge in [0.2, 0.25) is 17.7 Å². The second-order valence-corrected chi connectivity index (χ2v) is 13.5. The lowest BCUT2D eigenvalue weighted by molar-refractivity contribution is -0.131. The lowest BCUT2D eigenvalue weighted by atomic mass is 10.2. The minimum atomic E-state index is -0.150. The molecule has 2 aliphatic heterocycles. The standard InChI is InChI=1S/C16H8N4S2.C8H14N2O2.C7H14N2O.2C3H8.C2H4O2.C2H6/c1(3-13-5-17-9-19-13)11-7-21-16-12(8-22-15(11)16)2-4-14-6-18-10-20-14;1-7(11)9-6-8(12)10-4-2-3-5-10;1-8-6-7(10)9-4-2-3-5-9;2*1-3-2;1-4-2-3;1-2/h5-10H,(H,17,19)(H,18,20);2-6H2,1H3,(H,9,11);8H,2-6H2,1H3;2*3H2,1-2H3;2H,1H3;1-2H3. The molecule has 6 rings (SSSR count). The molecule has 0 bridgehead atoms. The quantitative estimate of drug-likeness (QED) is 0.132. The van der Waals surface area contributed by atoms with Crippen molar-refractivity contribution in [3.63, 3.8) is 0 Å². The second kappa shape index (κ2) is 33.4. The molecule has 308 valence electrons. The number of nitrogens with one attached hydrogen (secondary N) is 4. The van der Waals surface area contributed by atoms with E-state index in [4.69, 9.17) is 4.79 Å². The van der Waals surface area contributed by atoms with Crippen LogP contribution in [-0.2, 0) is 23.9 Å². The van der Waals surface area contributed by atoms with E-state index in [0.717, 1.165) is 61.5 Å². The molecule has 2 aliphatic rings. The number of imidazole rings is 2. The number of hydrogen-bond donors (Lipinski definition) is 4. The Morgan fingerprint density at radius 3 is 1.45 bits per heavy atom. The van der Waals surface area contributed by atoms with Crippen molar-refractivity contribution in [2.45, 2.75) is 87.0 Å². The molecule has 2 saturated heterocycles. The van der Waals surface area contributed by atoms with Gasteiger partial charge in [-0.3, -0.25) is 19.2 Å². The summed E-state index contributed by atoms with van der Waals surface area (Å²) >= 11 is 3.35. The topological polar surface area (TPSA) is 165 Å². The summed E-state index contributed by atoms with van der Waals surface area (Å²) < 4.78 is 6.23. The number of thiophene rings is 2. The first kappa shape index (κ1) is 51.0. The van der Waals surface area contributed by atoms with Crippen LogP contribution in [0.2, 0.25) is 0 Å². The van der Waals surface area contributed by atoms with Gasteiger partial charge in [-0.1, -0.05) is 66.2 Å². The molecule has 4 aromatic heterocycles. The number of hydrogen-bond acceptors (Lipinski definition) is 10.